The molecule has 4 amide bonds. The van der Waals surface area contributed by atoms with Gasteiger partial charge in [0, 0.05) is 11.8 Å². The maximum atomic E-state index is 11.4. The fraction of sp³-hybridized carbons (Fsp3) is 0.667. The van der Waals surface area contributed by atoms with Crippen LogP contribution < -0.4 is 5.32 Å². The van der Waals surface area contributed by atoms with Crippen molar-refractivity contribution >= 4 is 29.6 Å². The SMILES string of the molecule is O=C1CC(=O)N(CC2CCCS2)C(=O)N1. The van der Waals surface area contributed by atoms with Crippen LogP contribution in [-0.2, 0) is 9.59 Å². The monoisotopic (exact) mass is 228 g/mol. The van der Waals surface area contributed by atoms with E-state index < -0.39 is 11.9 Å². The Bertz CT molecular complexity index is 292. The summed E-state index contributed by atoms with van der Waals surface area (Å²) in [4.78, 5) is 34.8. The molecule has 15 heavy (non-hydrogen) atoms. The van der Waals surface area contributed by atoms with Gasteiger partial charge in [0.1, 0.15) is 6.42 Å². The summed E-state index contributed by atoms with van der Waals surface area (Å²) in [5.74, 6) is 0.212. The van der Waals surface area contributed by atoms with Gasteiger partial charge in [0.25, 0.3) is 0 Å². The van der Waals surface area contributed by atoms with Crippen molar-refractivity contribution in [3.8, 4) is 0 Å². The van der Waals surface area contributed by atoms with Gasteiger partial charge in [-0.3, -0.25) is 19.8 Å². The van der Waals surface area contributed by atoms with E-state index in [1.54, 1.807) is 11.8 Å². The number of hydrogen-bond acceptors (Lipinski definition) is 4. The number of thioether (sulfide) groups is 1. The van der Waals surface area contributed by atoms with Crippen molar-refractivity contribution in [1.82, 2.24) is 10.2 Å². The molecule has 82 valence electrons. The standard InChI is InChI=1S/C9H12N2O3S/c12-7-4-8(13)11(9(14)10-7)5-6-2-1-3-15-6/h6H,1-5H2,(H,10,12,14). The molecule has 2 saturated heterocycles. The lowest BCUT2D eigenvalue weighted by Crippen LogP contribution is -2.54. The molecule has 0 bridgehead atoms. The number of imide groups is 2. The van der Waals surface area contributed by atoms with Crippen LogP contribution in [-0.4, -0.2) is 40.3 Å². The van der Waals surface area contributed by atoms with Gasteiger partial charge < -0.3 is 0 Å². The zero-order valence-corrected chi connectivity index (χ0v) is 9.01. The molecule has 0 radical (unpaired) electrons. The third-order valence-corrected chi connectivity index (χ3v) is 3.90. The fourth-order valence-electron chi connectivity index (χ4n) is 1.75. The number of rotatable bonds is 2. The van der Waals surface area contributed by atoms with Crippen LogP contribution in [0.4, 0.5) is 4.79 Å². The van der Waals surface area contributed by atoms with Crippen LogP contribution in [0, 0.1) is 0 Å². The molecular weight excluding hydrogens is 216 g/mol. The van der Waals surface area contributed by atoms with Gasteiger partial charge in [-0.15, -0.1) is 0 Å². The van der Waals surface area contributed by atoms with E-state index in [9.17, 15) is 14.4 Å². The van der Waals surface area contributed by atoms with E-state index in [-0.39, 0.29) is 12.3 Å². The van der Waals surface area contributed by atoms with Gasteiger partial charge in [-0.2, -0.15) is 11.8 Å². The van der Waals surface area contributed by atoms with Gasteiger partial charge in [0.05, 0.1) is 0 Å². The lowest BCUT2D eigenvalue weighted by molar-refractivity contribution is -0.136. The molecule has 0 spiro atoms. The van der Waals surface area contributed by atoms with Crippen LogP contribution >= 0.6 is 11.8 Å². The normalized spacial score (nSPS) is 27.1. The Morgan fingerprint density at radius 2 is 2.20 bits per heavy atom. The summed E-state index contributed by atoms with van der Waals surface area (Å²) in [5, 5.41) is 2.49. The highest BCUT2D eigenvalue weighted by molar-refractivity contribution is 8.00. The quantitative estimate of drug-likeness (QED) is 0.693. The minimum atomic E-state index is -0.566. The number of amides is 4. The number of barbiturate groups is 1. The second kappa shape index (κ2) is 4.22. The van der Waals surface area contributed by atoms with Gasteiger partial charge in [-0.25, -0.2) is 4.79 Å². The Morgan fingerprint density at radius 3 is 2.80 bits per heavy atom. The first-order valence-electron chi connectivity index (χ1n) is 4.92. The first kappa shape index (κ1) is 10.5. The Balaban J connectivity index is 1.97. The van der Waals surface area contributed by atoms with Crippen molar-refractivity contribution < 1.29 is 14.4 Å². The third-order valence-electron chi connectivity index (χ3n) is 2.51. The summed E-state index contributed by atoms with van der Waals surface area (Å²) in [6, 6.07) is -0.566. The molecule has 2 aliphatic heterocycles. The second-order valence-corrected chi connectivity index (χ2v) is 5.08. The van der Waals surface area contributed by atoms with Gasteiger partial charge in [0.2, 0.25) is 11.8 Å². The smallest absolute Gasteiger partial charge is 0.277 e. The van der Waals surface area contributed by atoms with E-state index >= 15 is 0 Å². The number of carbonyl (C=O) groups is 3. The first-order valence-corrected chi connectivity index (χ1v) is 5.97. The lowest BCUT2D eigenvalue weighted by atomic mass is 10.2. The van der Waals surface area contributed by atoms with Gasteiger partial charge in [0.15, 0.2) is 0 Å². The highest BCUT2D eigenvalue weighted by Crippen LogP contribution is 2.27. The fourth-order valence-corrected chi connectivity index (χ4v) is 3.01. The molecule has 2 rings (SSSR count). The number of carbonyl (C=O) groups excluding carboxylic acids is 3. The summed E-state index contributed by atoms with van der Waals surface area (Å²) < 4.78 is 0. The van der Waals surface area contributed by atoms with E-state index in [2.05, 4.69) is 5.32 Å². The zero-order valence-electron chi connectivity index (χ0n) is 8.19. The van der Waals surface area contributed by atoms with E-state index in [1.165, 1.54) is 0 Å². The molecule has 1 unspecified atom stereocenters. The Morgan fingerprint density at radius 1 is 1.40 bits per heavy atom. The first-order chi connectivity index (χ1) is 7.16. The maximum absolute atomic E-state index is 11.4. The molecule has 1 atom stereocenters. The van der Waals surface area contributed by atoms with Crippen LogP contribution in [0.5, 0.6) is 0 Å². The molecule has 6 heteroatoms. The molecule has 0 saturated carbocycles. The predicted octanol–water partition coefficient (Wildman–Crippen LogP) is 0.350. The highest BCUT2D eigenvalue weighted by Gasteiger charge is 2.33. The number of nitrogens with zero attached hydrogens (tertiary/aromatic N) is 1. The Kier molecular flexibility index (Phi) is 2.95. The van der Waals surface area contributed by atoms with Crippen molar-refractivity contribution in [2.45, 2.75) is 24.5 Å². The van der Waals surface area contributed by atoms with Crippen LogP contribution in [0.15, 0.2) is 0 Å². The second-order valence-electron chi connectivity index (χ2n) is 3.67. The van der Waals surface area contributed by atoms with Crippen molar-refractivity contribution in [3.63, 3.8) is 0 Å². The largest absolute Gasteiger partial charge is 0.330 e. The van der Waals surface area contributed by atoms with E-state index in [1.807, 2.05) is 0 Å². The molecule has 1 N–H and O–H groups in total. The summed E-state index contributed by atoms with van der Waals surface area (Å²) in [7, 11) is 0. The average molecular weight is 228 g/mol. The topological polar surface area (TPSA) is 66.5 Å². The number of urea groups is 1. The molecule has 2 heterocycles. The number of nitrogens with one attached hydrogen (secondary N) is 1. The van der Waals surface area contributed by atoms with E-state index in [0.29, 0.717) is 11.8 Å². The zero-order chi connectivity index (χ0) is 10.8. The summed E-state index contributed by atoms with van der Waals surface area (Å²) in [6.07, 6.45) is 1.97. The van der Waals surface area contributed by atoms with Gasteiger partial charge in [-0.05, 0) is 18.6 Å². The molecular formula is C9H12N2O3S. The Hall–Kier alpha value is -1.04. The average Bonchev–Trinajstić information content (AvgIpc) is 2.63. The lowest BCUT2D eigenvalue weighted by Gasteiger charge is -2.26. The third kappa shape index (κ3) is 2.31. The highest BCUT2D eigenvalue weighted by atomic mass is 32.2. The van der Waals surface area contributed by atoms with Crippen LogP contribution in [0.3, 0.4) is 0 Å². The van der Waals surface area contributed by atoms with E-state index in [0.717, 1.165) is 23.5 Å². The maximum Gasteiger partial charge on any atom is 0.330 e. The predicted molar refractivity (Wildman–Crippen MR) is 55.3 cm³/mol. The Labute approximate surface area is 91.6 Å². The van der Waals surface area contributed by atoms with Crippen LogP contribution in [0.2, 0.25) is 0 Å². The summed E-state index contributed by atoms with van der Waals surface area (Å²) in [5.41, 5.74) is 0. The van der Waals surface area contributed by atoms with Crippen molar-refractivity contribution in [2.75, 3.05) is 12.3 Å². The van der Waals surface area contributed by atoms with Crippen LogP contribution in [0.25, 0.3) is 0 Å². The molecule has 0 aliphatic carbocycles. The van der Waals surface area contributed by atoms with Crippen molar-refractivity contribution in [2.24, 2.45) is 0 Å². The molecule has 0 aromatic carbocycles. The van der Waals surface area contributed by atoms with Gasteiger partial charge >= 0.3 is 6.03 Å². The van der Waals surface area contributed by atoms with Crippen LogP contribution in [0.1, 0.15) is 19.3 Å². The van der Waals surface area contributed by atoms with Crippen molar-refractivity contribution in [3.05, 3.63) is 0 Å². The van der Waals surface area contributed by atoms with Crippen molar-refractivity contribution in [1.29, 1.82) is 0 Å². The molecule has 2 fully saturated rings. The molecule has 0 aromatic heterocycles. The molecule has 2 aliphatic rings. The molecule has 0 aromatic rings. The number of hydrogen-bond donors (Lipinski definition) is 1. The van der Waals surface area contributed by atoms with E-state index in [4.69, 9.17) is 0 Å². The minimum Gasteiger partial charge on any atom is -0.277 e. The molecule has 5 nitrogen and oxygen atoms in total. The summed E-state index contributed by atoms with van der Waals surface area (Å²) in [6.45, 7) is 0.433. The summed E-state index contributed by atoms with van der Waals surface area (Å²) >= 11 is 1.78. The van der Waals surface area contributed by atoms with Gasteiger partial charge in [-0.1, -0.05) is 0 Å². The minimum absolute atomic E-state index is 0.205.